The van der Waals surface area contributed by atoms with Gasteiger partial charge in [0.1, 0.15) is 11.5 Å². The Morgan fingerprint density at radius 1 is 0.425 bits per heavy atom. The molecule has 0 aromatic heterocycles. The quantitative estimate of drug-likeness (QED) is 0.0371. The van der Waals surface area contributed by atoms with Crippen LogP contribution in [0.3, 0.4) is 0 Å². The van der Waals surface area contributed by atoms with E-state index < -0.39 is 36.3 Å². The van der Waals surface area contributed by atoms with Gasteiger partial charge in [-0.3, -0.25) is 0 Å². The van der Waals surface area contributed by atoms with Gasteiger partial charge in [0.15, 0.2) is 5.60 Å². The van der Waals surface area contributed by atoms with Crippen molar-refractivity contribution in [2.24, 2.45) is 34.5 Å². The van der Waals surface area contributed by atoms with Gasteiger partial charge >= 0.3 is 18.5 Å². The maximum Gasteiger partial charge on any atom is 0.426 e. The number of alkyl halides is 9. The van der Waals surface area contributed by atoms with Gasteiger partial charge in [0, 0.05) is 42.8 Å². The summed E-state index contributed by atoms with van der Waals surface area (Å²) < 4.78 is 154. The summed E-state index contributed by atoms with van der Waals surface area (Å²) in [7, 11) is 7.77. The second kappa shape index (κ2) is 32.7. The zero-order chi connectivity index (χ0) is 62.4. The fourth-order valence-corrected chi connectivity index (χ4v) is 20.0. The summed E-state index contributed by atoms with van der Waals surface area (Å²) in [6, 6.07) is 13.5. The maximum atomic E-state index is 13.2. The summed E-state index contributed by atoms with van der Waals surface area (Å²) in [5.74, 6) is 9.57. The van der Waals surface area contributed by atoms with E-state index in [2.05, 4.69) is 55.0 Å². The summed E-state index contributed by atoms with van der Waals surface area (Å²) >= 11 is 0. The molecule has 0 spiro atoms. The van der Waals surface area contributed by atoms with Crippen molar-refractivity contribution in [1.29, 1.82) is 0 Å². The number of benzene rings is 2. The zero-order valence-electron chi connectivity index (χ0n) is 52.5. The van der Waals surface area contributed by atoms with Gasteiger partial charge in [-0.1, -0.05) is 133 Å². The summed E-state index contributed by atoms with van der Waals surface area (Å²) in [5, 5.41) is 0. The minimum atomic E-state index is -5.56. The standard InChI is InChI=1S/C68H101F9O6S4/c1-62(2,66(69,70)71)82-38-18-36-80-60-30-28-58-56-24-20-48-46-50(22-26-52(48)54(56)32-34-63(58,60)3)78-40-44-86-84-42-16-14-12-10-8-6-7-9-11-13-15-17-43-85-87-45-41-79-51-23-27-53-49(47-51)21-25-57-55(53)33-35-64(4)59(57)29-31-61(64)81-37-19-39-83-65(5,67(72,73)74)68(75,76)77/h22-23,26-27,46-47,54-61H,6-21,24-25,28-45H2,1-5H3. The van der Waals surface area contributed by atoms with Crippen LogP contribution in [0, 0.1) is 34.5 Å². The van der Waals surface area contributed by atoms with E-state index in [0.717, 1.165) is 114 Å². The third-order valence-corrected chi connectivity index (χ3v) is 26.2. The molecule has 6 aliphatic rings. The van der Waals surface area contributed by atoms with Gasteiger partial charge in [-0.25, -0.2) is 0 Å². The highest BCUT2D eigenvalue weighted by Crippen LogP contribution is 2.63. The van der Waals surface area contributed by atoms with Crippen LogP contribution in [-0.2, 0) is 31.8 Å². The van der Waals surface area contributed by atoms with Crippen molar-refractivity contribution in [3.63, 3.8) is 0 Å². The van der Waals surface area contributed by atoms with Crippen LogP contribution in [-0.4, -0.2) is 105 Å². The lowest BCUT2D eigenvalue weighted by atomic mass is 9.55. The molecule has 0 radical (unpaired) electrons. The Bertz CT molecular complexity index is 2380. The molecular weight excluding hydrogens is 1210 g/mol. The van der Waals surface area contributed by atoms with E-state index in [1.807, 2.05) is 43.2 Å². The first-order valence-corrected chi connectivity index (χ1v) is 38.2. The molecule has 6 aliphatic carbocycles. The molecule has 0 amide bonds. The van der Waals surface area contributed by atoms with E-state index in [-0.39, 0.29) is 49.6 Å². The third-order valence-electron chi connectivity index (χ3n) is 21.3. The van der Waals surface area contributed by atoms with Crippen LogP contribution in [0.15, 0.2) is 36.4 Å². The third kappa shape index (κ3) is 18.5. The first-order chi connectivity index (χ1) is 41.5. The van der Waals surface area contributed by atoms with Gasteiger partial charge in [0.25, 0.3) is 5.60 Å². The number of hydrogen-bond donors (Lipinski definition) is 0. The van der Waals surface area contributed by atoms with Crippen molar-refractivity contribution in [1.82, 2.24) is 0 Å². The van der Waals surface area contributed by atoms with Crippen LogP contribution in [0.1, 0.15) is 223 Å². The predicted octanol–water partition coefficient (Wildman–Crippen LogP) is 21.1. The van der Waals surface area contributed by atoms with Crippen molar-refractivity contribution < 1.29 is 67.9 Å². The summed E-state index contributed by atoms with van der Waals surface area (Å²) in [5.41, 5.74) is -0.504. The Balaban J connectivity index is 0.567. The lowest BCUT2D eigenvalue weighted by molar-refractivity contribution is -0.374. The van der Waals surface area contributed by atoms with Gasteiger partial charge < -0.3 is 28.4 Å². The topological polar surface area (TPSA) is 55.4 Å². The molecule has 0 saturated heterocycles. The van der Waals surface area contributed by atoms with Crippen molar-refractivity contribution >= 4 is 43.2 Å². The molecule has 2 aromatic rings. The molecule has 19 heteroatoms. The molecule has 10 unspecified atom stereocenters. The first-order valence-electron chi connectivity index (χ1n) is 33.2. The molecule has 0 heterocycles. The minimum absolute atomic E-state index is 0.0396. The van der Waals surface area contributed by atoms with Crippen LogP contribution in [0.4, 0.5) is 39.5 Å². The van der Waals surface area contributed by atoms with Gasteiger partial charge in [0.05, 0.1) is 32.0 Å². The number of aryl methyl sites for hydroxylation is 2. The number of halogens is 9. The number of ether oxygens (including phenoxy) is 6. The molecule has 2 aromatic carbocycles. The molecule has 10 atom stereocenters. The molecule has 0 aliphatic heterocycles. The predicted molar refractivity (Wildman–Crippen MR) is 340 cm³/mol. The monoisotopic (exact) mass is 1310 g/mol. The van der Waals surface area contributed by atoms with E-state index in [1.165, 1.54) is 117 Å². The Kier molecular flexibility index (Phi) is 26.8. The van der Waals surface area contributed by atoms with Crippen molar-refractivity contribution in [2.75, 3.05) is 62.7 Å². The number of rotatable bonds is 37. The van der Waals surface area contributed by atoms with Crippen LogP contribution in [0.5, 0.6) is 11.5 Å². The van der Waals surface area contributed by atoms with Crippen molar-refractivity contribution in [3.05, 3.63) is 58.7 Å². The normalized spacial score (nSPS) is 27.3. The fraction of sp³-hybridized carbons (Fsp3) is 0.824. The van der Waals surface area contributed by atoms with Crippen molar-refractivity contribution in [3.8, 4) is 11.5 Å². The molecule has 4 fully saturated rings. The van der Waals surface area contributed by atoms with Crippen LogP contribution >= 0.6 is 43.2 Å². The van der Waals surface area contributed by atoms with Crippen LogP contribution < -0.4 is 9.47 Å². The highest BCUT2D eigenvalue weighted by atomic mass is 33.1. The SMILES string of the molecule is CC12CCC3c4ccc(OCCSSCCCCCCCCCCCCCCSSCCOc5ccc6c(c5)CCC5C6CCC6(C)C(OCCCOC(C)(C(F)(F)F)C(F)(F)F)CCC56)cc4CCC3C1CCC2OCCCOC(C)(C)C(F)(F)F. The summed E-state index contributed by atoms with van der Waals surface area (Å²) in [6.07, 6.45) is 13.7. The molecule has 4 saturated carbocycles. The molecule has 87 heavy (non-hydrogen) atoms. The van der Waals surface area contributed by atoms with E-state index in [1.54, 1.807) is 0 Å². The first kappa shape index (κ1) is 71.5. The minimum Gasteiger partial charge on any atom is -0.493 e. The Morgan fingerprint density at radius 3 is 1.22 bits per heavy atom. The molecule has 6 nitrogen and oxygen atoms in total. The maximum absolute atomic E-state index is 13.2. The smallest absolute Gasteiger partial charge is 0.426 e. The summed E-state index contributed by atoms with van der Waals surface area (Å²) in [6.45, 7) is 8.15. The second-order valence-electron chi connectivity index (χ2n) is 27.2. The van der Waals surface area contributed by atoms with E-state index in [4.69, 9.17) is 23.7 Å². The fourth-order valence-electron chi connectivity index (χ4n) is 16.0. The lowest BCUT2D eigenvalue weighted by Crippen LogP contribution is -2.56. The van der Waals surface area contributed by atoms with E-state index in [9.17, 15) is 39.5 Å². The average Bonchev–Trinajstić information content (AvgIpc) is 1.74. The average molecular weight is 1310 g/mol. The molecule has 496 valence electrons. The lowest BCUT2D eigenvalue weighted by Gasteiger charge is -2.50. The Morgan fingerprint density at radius 2 is 0.816 bits per heavy atom. The van der Waals surface area contributed by atoms with Gasteiger partial charge in [-0.2, -0.15) is 39.5 Å². The number of unbranched alkanes of at least 4 members (excludes halogenated alkanes) is 11. The van der Waals surface area contributed by atoms with Gasteiger partial charge in [-0.15, -0.1) is 0 Å². The van der Waals surface area contributed by atoms with Crippen LogP contribution in [0.2, 0.25) is 0 Å². The van der Waals surface area contributed by atoms with Gasteiger partial charge in [-0.05, 0) is 216 Å². The van der Waals surface area contributed by atoms with E-state index >= 15 is 0 Å². The second-order valence-corrected chi connectivity index (χ2v) is 32.6. The highest BCUT2D eigenvalue weighted by Gasteiger charge is 2.69. The Hall–Kier alpha value is -1.35. The Labute approximate surface area is 530 Å². The number of fused-ring (bicyclic) bond motifs is 10. The van der Waals surface area contributed by atoms with Crippen molar-refractivity contribution in [2.45, 2.75) is 255 Å². The van der Waals surface area contributed by atoms with Gasteiger partial charge in [0.2, 0.25) is 0 Å². The summed E-state index contributed by atoms with van der Waals surface area (Å²) in [4.78, 5) is 0. The van der Waals surface area contributed by atoms with Crippen LogP contribution in [0.25, 0.3) is 0 Å². The largest absolute Gasteiger partial charge is 0.493 e. The van der Waals surface area contributed by atoms with E-state index in [0.29, 0.717) is 55.1 Å². The molecule has 0 bridgehead atoms. The molecule has 0 N–H and O–H groups in total. The molecule has 8 rings (SSSR count). The highest BCUT2D eigenvalue weighted by molar-refractivity contribution is 8.77. The zero-order valence-corrected chi connectivity index (χ0v) is 55.8. The molecular formula is C68H101F9O6S4. The number of hydrogen-bond acceptors (Lipinski definition) is 10.